The van der Waals surface area contributed by atoms with E-state index in [1.54, 1.807) is 4.57 Å². The Labute approximate surface area is 209 Å². The molecule has 4 aromatic rings. The Morgan fingerprint density at radius 1 is 1.06 bits per heavy atom. The molecule has 0 radical (unpaired) electrons. The van der Waals surface area contributed by atoms with Crippen molar-refractivity contribution in [3.8, 4) is 5.69 Å². The zero-order chi connectivity index (χ0) is 24.7. The second-order valence-corrected chi connectivity index (χ2v) is 10.8. The predicted molar refractivity (Wildman–Crippen MR) is 141 cm³/mol. The number of fused-ring (bicyclic) bond motifs is 3. The fourth-order valence-electron chi connectivity index (χ4n) is 5.09. The van der Waals surface area contributed by atoms with Crippen LogP contribution in [0.25, 0.3) is 22.4 Å². The normalized spacial score (nSPS) is 15.5. The zero-order valence-electron chi connectivity index (χ0n) is 20.7. The molecular formula is C27H31N5O2S. The zero-order valence-corrected chi connectivity index (χ0v) is 21.5. The highest BCUT2D eigenvalue weighted by Gasteiger charge is 2.28. The third kappa shape index (κ3) is 4.14. The highest BCUT2D eigenvalue weighted by molar-refractivity contribution is 8.00. The van der Waals surface area contributed by atoms with Crippen LogP contribution in [0, 0.1) is 13.8 Å². The van der Waals surface area contributed by atoms with Gasteiger partial charge in [-0.15, -0.1) is 10.2 Å². The summed E-state index contributed by atoms with van der Waals surface area (Å²) in [6.45, 7) is 5.97. The van der Waals surface area contributed by atoms with Crippen LogP contribution in [0.3, 0.4) is 0 Å². The minimum Gasteiger partial charge on any atom is -0.342 e. The summed E-state index contributed by atoms with van der Waals surface area (Å²) in [5.41, 5.74) is 3.51. The van der Waals surface area contributed by atoms with Gasteiger partial charge in [0.1, 0.15) is 0 Å². The average Bonchev–Trinajstić information content (AvgIpc) is 3.29. The first-order chi connectivity index (χ1) is 16.9. The Morgan fingerprint density at radius 2 is 1.80 bits per heavy atom. The smallest absolute Gasteiger partial charge is 0.267 e. The maximum atomic E-state index is 13.6. The van der Waals surface area contributed by atoms with Crippen LogP contribution < -0.4 is 5.56 Å². The molecule has 1 aliphatic rings. The van der Waals surface area contributed by atoms with Crippen LogP contribution in [-0.4, -0.2) is 48.3 Å². The summed E-state index contributed by atoms with van der Waals surface area (Å²) in [4.78, 5) is 28.8. The number of carbonyl (C=O) groups excluding carboxylic acids is 1. The van der Waals surface area contributed by atoms with Crippen LogP contribution in [0.5, 0.6) is 0 Å². The van der Waals surface area contributed by atoms with E-state index in [1.807, 2.05) is 79.6 Å². The van der Waals surface area contributed by atoms with Crippen molar-refractivity contribution in [1.29, 1.82) is 0 Å². The molecule has 0 spiro atoms. The van der Waals surface area contributed by atoms with E-state index < -0.39 is 0 Å². The Kier molecular flexibility index (Phi) is 6.40. The van der Waals surface area contributed by atoms with E-state index in [9.17, 15) is 9.59 Å². The molecule has 2 aromatic carbocycles. The predicted octanol–water partition coefficient (Wildman–Crippen LogP) is 4.92. The SMILES string of the molecule is Cc1cccc(-n2c(=O)c3ccccc3n3c(SC(C)C(=O)N(C)C4CCCCC4)nnc23)c1C. The maximum Gasteiger partial charge on any atom is 0.267 e. The second-order valence-electron chi connectivity index (χ2n) is 9.50. The van der Waals surface area contributed by atoms with Crippen molar-refractivity contribution in [3.05, 3.63) is 63.9 Å². The first-order valence-electron chi connectivity index (χ1n) is 12.3. The number of rotatable bonds is 5. The third-order valence-electron chi connectivity index (χ3n) is 7.31. The van der Waals surface area contributed by atoms with Gasteiger partial charge in [-0.25, -0.2) is 4.57 Å². The van der Waals surface area contributed by atoms with Crippen molar-refractivity contribution in [3.63, 3.8) is 0 Å². The van der Waals surface area contributed by atoms with Gasteiger partial charge in [-0.3, -0.25) is 14.0 Å². The van der Waals surface area contributed by atoms with Gasteiger partial charge >= 0.3 is 0 Å². The fraction of sp³-hybridized carbons (Fsp3) is 0.407. The van der Waals surface area contributed by atoms with Crippen molar-refractivity contribution >= 4 is 34.3 Å². The van der Waals surface area contributed by atoms with Gasteiger partial charge in [0.25, 0.3) is 5.56 Å². The van der Waals surface area contributed by atoms with Crippen LogP contribution in [0.15, 0.2) is 52.4 Å². The van der Waals surface area contributed by atoms with Crippen LogP contribution >= 0.6 is 11.8 Å². The van der Waals surface area contributed by atoms with Gasteiger partial charge < -0.3 is 4.90 Å². The number of thioether (sulfide) groups is 1. The number of hydrogen-bond donors (Lipinski definition) is 0. The highest BCUT2D eigenvalue weighted by Crippen LogP contribution is 2.29. The van der Waals surface area contributed by atoms with Gasteiger partial charge in [0.15, 0.2) is 5.16 Å². The topological polar surface area (TPSA) is 72.5 Å². The monoisotopic (exact) mass is 489 g/mol. The lowest BCUT2D eigenvalue weighted by atomic mass is 9.94. The quantitative estimate of drug-likeness (QED) is 0.372. The van der Waals surface area contributed by atoms with Gasteiger partial charge in [-0.05, 0) is 62.9 Å². The maximum absolute atomic E-state index is 13.6. The van der Waals surface area contributed by atoms with E-state index in [2.05, 4.69) is 10.2 Å². The number of carbonyl (C=O) groups is 1. The molecule has 182 valence electrons. The van der Waals surface area contributed by atoms with Gasteiger partial charge in [-0.1, -0.05) is 55.3 Å². The Morgan fingerprint density at radius 3 is 2.57 bits per heavy atom. The molecule has 1 amide bonds. The number of aromatic nitrogens is 4. The van der Waals surface area contributed by atoms with Gasteiger partial charge in [-0.2, -0.15) is 0 Å². The molecule has 2 heterocycles. The number of benzene rings is 2. The summed E-state index contributed by atoms with van der Waals surface area (Å²) in [5, 5.41) is 9.78. The van der Waals surface area contributed by atoms with E-state index >= 15 is 0 Å². The summed E-state index contributed by atoms with van der Waals surface area (Å²) in [5.74, 6) is 0.552. The molecule has 1 atom stereocenters. The highest BCUT2D eigenvalue weighted by atomic mass is 32.2. The van der Waals surface area contributed by atoms with E-state index in [4.69, 9.17) is 0 Å². The first-order valence-corrected chi connectivity index (χ1v) is 13.1. The van der Waals surface area contributed by atoms with Crippen LogP contribution in [0.4, 0.5) is 0 Å². The molecular weight excluding hydrogens is 458 g/mol. The summed E-state index contributed by atoms with van der Waals surface area (Å²) in [7, 11) is 1.92. The van der Waals surface area contributed by atoms with E-state index in [1.165, 1.54) is 31.0 Å². The van der Waals surface area contributed by atoms with Gasteiger partial charge in [0.2, 0.25) is 11.7 Å². The lowest BCUT2D eigenvalue weighted by molar-refractivity contribution is -0.131. The number of nitrogens with zero attached hydrogens (tertiary/aromatic N) is 5. The number of aryl methyl sites for hydroxylation is 1. The molecule has 0 N–H and O–H groups in total. The van der Waals surface area contributed by atoms with Crippen molar-refractivity contribution in [2.24, 2.45) is 0 Å². The summed E-state index contributed by atoms with van der Waals surface area (Å²) >= 11 is 1.39. The lowest BCUT2D eigenvalue weighted by Crippen LogP contribution is -2.42. The number of hydrogen-bond acceptors (Lipinski definition) is 5. The summed E-state index contributed by atoms with van der Waals surface area (Å²) in [6.07, 6.45) is 5.76. The molecule has 0 aliphatic heterocycles. The van der Waals surface area contributed by atoms with Crippen LogP contribution in [0.2, 0.25) is 0 Å². The van der Waals surface area contributed by atoms with E-state index in [0.29, 0.717) is 22.4 Å². The van der Waals surface area contributed by atoms with E-state index in [-0.39, 0.29) is 16.7 Å². The van der Waals surface area contributed by atoms with Gasteiger partial charge in [0.05, 0.1) is 21.8 Å². The molecule has 1 aliphatic carbocycles. The standard InChI is InChI=1S/C27H31N5O2S/c1-17-11-10-16-22(18(17)2)31-25(34)21-14-8-9-15-23(21)32-26(31)28-29-27(32)35-19(3)24(33)30(4)20-12-6-5-7-13-20/h8-11,14-16,19-20H,5-7,12-13H2,1-4H3. The van der Waals surface area contributed by atoms with E-state index in [0.717, 1.165) is 35.2 Å². The van der Waals surface area contributed by atoms with Crippen molar-refractivity contribution in [1.82, 2.24) is 24.1 Å². The molecule has 5 rings (SSSR count). The largest absolute Gasteiger partial charge is 0.342 e. The van der Waals surface area contributed by atoms with Crippen LogP contribution in [-0.2, 0) is 4.79 Å². The molecule has 2 aromatic heterocycles. The van der Waals surface area contributed by atoms with Crippen LogP contribution in [0.1, 0.15) is 50.2 Å². The molecule has 1 saturated carbocycles. The van der Waals surface area contributed by atoms with Crippen molar-refractivity contribution in [2.45, 2.75) is 69.3 Å². The molecule has 0 saturated heterocycles. The molecule has 0 bridgehead atoms. The molecule has 8 heteroatoms. The second kappa shape index (κ2) is 9.49. The Hall–Kier alpha value is -3.13. The Balaban J connectivity index is 1.60. The Bertz CT molecular complexity index is 1470. The summed E-state index contributed by atoms with van der Waals surface area (Å²) < 4.78 is 3.55. The minimum atomic E-state index is -0.325. The molecule has 35 heavy (non-hydrogen) atoms. The average molecular weight is 490 g/mol. The number of amides is 1. The molecule has 1 unspecified atom stereocenters. The molecule has 7 nitrogen and oxygen atoms in total. The fourth-order valence-corrected chi connectivity index (χ4v) is 6.05. The minimum absolute atomic E-state index is 0.103. The van der Waals surface area contributed by atoms with Gasteiger partial charge in [0, 0.05) is 13.1 Å². The number of para-hydroxylation sites is 1. The van der Waals surface area contributed by atoms with Crippen molar-refractivity contribution in [2.75, 3.05) is 7.05 Å². The third-order valence-corrected chi connectivity index (χ3v) is 8.34. The molecule has 1 fully saturated rings. The lowest BCUT2D eigenvalue weighted by Gasteiger charge is -2.32. The first kappa shape index (κ1) is 23.6. The summed E-state index contributed by atoms with van der Waals surface area (Å²) in [6, 6.07) is 13.7. The van der Waals surface area contributed by atoms with Crippen molar-refractivity contribution < 1.29 is 4.79 Å².